The van der Waals surface area contributed by atoms with Crippen molar-refractivity contribution in [2.75, 3.05) is 25.1 Å². The first-order valence-electron chi connectivity index (χ1n) is 10.1. The molecule has 0 saturated carbocycles. The Morgan fingerprint density at radius 2 is 1.83 bits per heavy atom. The molecule has 4 rings (SSSR count). The number of hydrogen-bond acceptors (Lipinski definition) is 4. The van der Waals surface area contributed by atoms with Gasteiger partial charge in [-0.1, -0.05) is 29.8 Å². The van der Waals surface area contributed by atoms with Crippen LogP contribution in [-0.2, 0) is 21.2 Å². The quantitative estimate of drug-likeness (QED) is 0.714. The van der Waals surface area contributed by atoms with E-state index in [2.05, 4.69) is 13.0 Å². The topological polar surface area (TPSA) is 66.9 Å². The number of fused-ring (bicyclic) bond motifs is 1. The SMILES string of the molecule is COc1ccc(S(=O)(=O)N2CCC(C(=O)N3c4ccccc4CC3C)CC2)cc1Cl. The number of ether oxygens (including phenoxy) is 1. The molecule has 30 heavy (non-hydrogen) atoms. The van der Waals surface area contributed by atoms with E-state index in [1.54, 1.807) is 6.07 Å². The number of carbonyl (C=O) groups excluding carboxylic acids is 1. The molecule has 0 radical (unpaired) electrons. The predicted molar refractivity (Wildman–Crippen MR) is 117 cm³/mol. The number of benzene rings is 2. The van der Waals surface area contributed by atoms with Crippen LogP contribution in [0, 0.1) is 5.92 Å². The molecule has 2 aliphatic rings. The summed E-state index contributed by atoms with van der Waals surface area (Å²) in [6, 6.07) is 12.6. The van der Waals surface area contributed by atoms with Crippen molar-refractivity contribution in [3.8, 4) is 5.75 Å². The van der Waals surface area contributed by atoms with E-state index in [-0.39, 0.29) is 27.8 Å². The molecule has 1 unspecified atom stereocenters. The van der Waals surface area contributed by atoms with Gasteiger partial charge in [-0.15, -0.1) is 0 Å². The fraction of sp³-hybridized carbons (Fsp3) is 0.409. The summed E-state index contributed by atoms with van der Waals surface area (Å²) < 4.78 is 32.6. The summed E-state index contributed by atoms with van der Waals surface area (Å²) in [6.07, 6.45) is 1.87. The van der Waals surface area contributed by atoms with E-state index in [1.165, 1.54) is 29.1 Å². The highest BCUT2D eigenvalue weighted by molar-refractivity contribution is 7.89. The van der Waals surface area contributed by atoms with Gasteiger partial charge >= 0.3 is 0 Å². The highest BCUT2D eigenvalue weighted by Gasteiger charge is 2.38. The van der Waals surface area contributed by atoms with Crippen LogP contribution in [0.3, 0.4) is 0 Å². The molecule has 1 saturated heterocycles. The molecule has 2 aliphatic heterocycles. The number of amides is 1. The van der Waals surface area contributed by atoms with Gasteiger partial charge in [0, 0.05) is 30.7 Å². The summed E-state index contributed by atoms with van der Waals surface area (Å²) in [4.78, 5) is 15.3. The van der Waals surface area contributed by atoms with Gasteiger partial charge in [-0.2, -0.15) is 4.31 Å². The Labute approximate surface area is 182 Å². The Kier molecular flexibility index (Phi) is 5.79. The lowest BCUT2D eigenvalue weighted by molar-refractivity contribution is -0.123. The molecule has 0 bridgehead atoms. The molecule has 1 fully saturated rings. The summed E-state index contributed by atoms with van der Waals surface area (Å²) in [5, 5.41) is 0.255. The fourth-order valence-electron chi connectivity index (χ4n) is 4.40. The fourth-order valence-corrected chi connectivity index (χ4v) is 6.22. The largest absolute Gasteiger partial charge is 0.495 e. The van der Waals surface area contributed by atoms with Gasteiger partial charge in [-0.05, 0) is 56.0 Å². The Morgan fingerprint density at radius 1 is 1.13 bits per heavy atom. The van der Waals surface area contributed by atoms with E-state index in [0.29, 0.717) is 31.7 Å². The number of para-hydroxylation sites is 1. The molecular weight excluding hydrogens is 424 g/mol. The van der Waals surface area contributed by atoms with E-state index in [9.17, 15) is 13.2 Å². The molecular formula is C22H25ClN2O4S. The Bertz CT molecular complexity index is 1060. The van der Waals surface area contributed by atoms with Gasteiger partial charge < -0.3 is 9.64 Å². The molecule has 6 nitrogen and oxygen atoms in total. The number of nitrogens with zero attached hydrogens (tertiary/aromatic N) is 2. The lowest BCUT2D eigenvalue weighted by Gasteiger charge is -2.34. The molecule has 2 heterocycles. The van der Waals surface area contributed by atoms with Crippen molar-refractivity contribution in [2.45, 2.75) is 37.1 Å². The number of methoxy groups -OCH3 is 1. The third-order valence-corrected chi connectivity index (χ3v) is 8.20. The van der Waals surface area contributed by atoms with Crippen molar-refractivity contribution >= 4 is 33.2 Å². The molecule has 160 valence electrons. The lowest BCUT2D eigenvalue weighted by Crippen LogP contribution is -2.46. The minimum atomic E-state index is -3.67. The van der Waals surface area contributed by atoms with Gasteiger partial charge in [0.15, 0.2) is 0 Å². The maximum atomic E-state index is 13.2. The van der Waals surface area contributed by atoms with Crippen LogP contribution in [0.4, 0.5) is 5.69 Å². The summed E-state index contributed by atoms with van der Waals surface area (Å²) in [7, 11) is -2.19. The van der Waals surface area contributed by atoms with Gasteiger partial charge in [0.1, 0.15) is 5.75 Å². The zero-order valence-corrected chi connectivity index (χ0v) is 18.6. The van der Waals surface area contributed by atoms with E-state index in [1.807, 2.05) is 23.1 Å². The van der Waals surface area contributed by atoms with Crippen molar-refractivity contribution < 1.29 is 17.9 Å². The number of halogens is 1. The van der Waals surface area contributed by atoms with E-state index in [4.69, 9.17) is 16.3 Å². The van der Waals surface area contributed by atoms with Crippen LogP contribution in [0.15, 0.2) is 47.4 Å². The lowest BCUT2D eigenvalue weighted by atomic mass is 9.96. The van der Waals surface area contributed by atoms with Crippen LogP contribution in [0.1, 0.15) is 25.3 Å². The maximum Gasteiger partial charge on any atom is 0.243 e. The van der Waals surface area contributed by atoms with Crippen LogP contribution < -0.4 is 9.64 Å². The van der Waals surface area contributed by atoms with Gasteiger partial charge in [0.05, 0.1) is 17.0 Å². The van der Waals surface area contributed by atoms with Crippen LogP contribution in [0.25, 0.3) is 0 Å². The predicted octanol–water partition coefficient (Wildman–Crippen LogP) is 3.73. The molecule has 1 amide bonds. The van der Waals surface area contributed by atoms with Crippen molar-refractivity contribution in [1.82, 2.24) is 4.31 Å². The smallest absolute Gasteiger partial charge is 0.243 e. The molecule has 0 aliphatic carbocycles. The molecule has 8 heteroatoms. The second-order valence-corrected chi connectivity index (χ2v) is 10.2. The number of sulfonamides is 1. The third kappa shape index (κ3) is 3.70. The van der Waals surface area contributed by atoms with E-state index < -0.39 is 10.0 Å². The Morgan fingerprint density at radius 3 is 2.50 bits per heavy atom. The number of piperidine rings is 1. The monoisotopic (exact) mass is 448 g/mol. The molecule has 0 spiro atoms. The summed E-state index contributed by atoms with van der Waals surface area (Å²) >= 11 is 6.11. The average Bonchev–Trinajstić information content (AvgIpc) is 3.08. The van der Waals surface area contributed by atoms with Crippen molar-refractivity contribution in [3.63, 3.8) is 0 Å². The molecule has 0 aromatic heterocycles. The van der Waals surface area contributed by atoms with Gasteiger partial charge in [-0.3, -0.25) is 4.79 Å². The summed E-state index contributed by atoms with van der Waals surface area (Å²) in [5.41, 5.74) is 2.17. The minimum absolute atomic E-state index is 0.0944. The minimum Gasteiger partial charge on any atom is -0.495 e. The Hall–Kier alpha value is -2.09. The van der Waals surface area contributed by atoms with Crippen molar-refractivity contribution in [2.24, 2.45) is 5.92 Å². The standard InChI is InChI=1S/C22H25ClN2O4S/c1-15-13-17-5-3-4-6-20(17)25(15)22(26)16-9-11-24(12-10-16)30(27,28)18-7-8-21(29-2)19(23)14-18/h3-8,14-16H,9-13H2,1-2H3. The number of rotatable bonds is 4. The van der Waals surface area contributed by atoms with Crippen LogP contribution in [-0.4, -0.2) is 44.9 Å². The number of anilines is 1. The highest BCUT2D eigenvalue weighted by atomic mass is 35.5. The van der Waals surface area contributed by atoms with Gasteiger partial charge in [-0.25, -0.2) is 8.42 Å². The highest BCUT2D eigenvalue weighted by Crippen LogP contribution is 2.35. The molecule has 1 atom stereocenters. The van der Waals surface area contributed by atoms with Crippen LogP contribution in [0.5, 0.6) is 5.75 Å². The normalized spacial score (nSPS) is 20.2. The van der Waals surface area contributed by atoms with E-state index >= 15 is 0 Å². The maximum absolute atomic E-state index is 13.2. The van der Waals surface area contributed by atoms with Gasteiger partial charge in [0.2, 0.25) is 15.9 Å². The number of carbonyl (C=O) groups is 1. The molecule has 2 aromatic rings. The van der Waals surface area contributed by atoms with Crippen molar-refractivity contribution in [3.05, 3.63) is 53.1 Å². The third-order valence-electron chi connectivity index (χ3n) is 6.01. The van der Waals surface area contributed by atoms with E-state index in [0.717, 1.165) is 12.1 Å². The first kappa shape index (κ1) is 21.2. The van der Waals surface area contributed by atoms with Crippen LogP contribution >= 0.6 is 11.6 Å². The van der Waals surface area contributed by atoms with Crippen LogP contribution in [0.2, 0.25) is 5.02 Å². The molecule has 2 aromatic carbocycles. The second-order valence-electron chi connectivity index (χ2n) is 7.86. The first-order chi connectivity index (χ1) is 14.3. The van der Waals surface area contributed by atoms with Gasteiger partial charge in [0.25, 0.3) is 0 Å². The zero-order chi connectivity index (χ0) is 21.5. The summed E-state index contributed by atoms with van der Waals surface area (Å²) in [5.74, 6) is 0.349. The Balaban J connectivity index is 1.46. The van der Waals surface area contributed by atoms with Crippen molar-refractivity contribution in [1.29, 1.82) is 0 Å². The summed E-state index contributed by atoms with van der Waals surface area (Å²) in [6.45, 7) is 2.68. The zero-order valence-electron chi connectivity index (χ0n) is 17.0. The molecule has 0 N–H and O–H groups in total. The average molecular weight is 449 g/mol. The first-order valence-corrected chi connectivity index (χ1v) is 11.9. The second kappa shape index (κ2) is 8.21. The number of hydrogen-bond donors (Lipinski definition) is 0.